The topological polar surface area (TPSA) is 133 Å². The van der Waals surface area contributed by atoms with Crippen LogP contribution in [0.25, 0.3) is 0 Å². The van der Waals surface area contributed by atoms with E-state index >= 15 is 0 Å². The van der Waals surface area contributed by atoms with Gasteiger partial charge >= 0.3 is 0 Å². The number of carbonyl (C=O) groups is 3. The number of aromatic amines is 1. The summed E-state index contributed by atoms with van der Waals surface area (Å²) >= 11 is 0. The molecule has 2 aromatic rings. The van der Waals surface area contributed by atoms with E-state index in [1.807, 2.05) is 6.08 Å². The molecule has 2 heterocycles. The van der Waals surface area contributed by atoms with Crippen LogP contribution in [0.1, 0.15) is 58.9 Å². The molecule has 2 aliphatic rings. The molecule has 1 aliphatic heterocycles. The van der Waals surface area contributed by atoms with Gasteiger partial charge in [-0.3, -0.25) is 19.6 Å². The number of ether oxygens (including phenoxy) is 1. The molecule has 4 rings (SSSR count). The van der Waals surface area contributed by atoms with Gasteiger partial charge in [0.25, 0.3) is 11.8 Å². The van der Waals surface area contributed by atoms with Crippen molar-refractivity contribution in [3.8, 4) is 0 Å². The quantitative estimate of drug-likeness (QED) is 0.363. The van der Waals surface area contributed by atoms with E-state index in [2.05, 4.69) is 15.6 Å². The number of aryl methyl sites for hydroxylation is 2. The van der Waals surface area contributed by atoms with Crippen LogP contribution in [0.3, 0.4) is 0 Å². The summed E-state index contributed by atoms with van der Waals surface area (Å²) in [6.45, 7) is -0.130. The van der Waals surface area contributed by atoms with Gasteiger partial charge in [-0.25, -0.2) is 5.48 Å². The zero-order valence-corrected chi connectivity index (χ0v) is 17.6. The number of amides is 3. The second kappa shape index (κ2) is 9.69. The van der Waals surface area contributed by atoms with Crippen LogP contribution in [0.2, 0.25) is 0 Å². The van der Waals surface area contributed by atoms with Gasteiger partial charge in [0.1, 0.15) is 0 Å². The number of fused-ring (bicyclic) bond motifs is 4. The number of para-hydroxylation sites is 2. The molecular weight excluding hydrogens is 412 g/mol. The van der Waals surface area contributed by atoms with Gasteiger partial charge in [-0.05, 0) is 61.8 Å². The summed E-state index contributed by atoms with van der Waals surface area (Å²) in [5.41, 5.74) is 5.76. The molecule has 1 atom stereocenters. The molecule has 0 spiro atoms. The lowest BCUT2D eigenvalue weighted by Crippen LogP contribution is -2.25. The van der Waals surface area contributed by atoms with E-state index in [9.17, 15) is 14.4 Å². The average Bonchev–Trinajstić information content (AvgIpc) is 3.16. The number of carbonyl (C=O) groups excluding carboxylic acids is 3. The van der Waals surface area contributed by atoms with Gasteiger partial charge in [0.15, 0.2) is 6.61 Å². The monoisotopic (exact) mass is 438 g/mol. The predicted octanol–water partition coefficient (Wildman–Crippen LogP) is 3.00. The first-order valence-corrected chi connectivity index (χ1v) is 10.7. The zero-order chi connectivity index (χ0) is 22.5. The molecule has 1 aromatic carbocycles. The van der Waals surface area contributed by atoms with Crippen LogP contribution in [0.4, 0.5) is 11.4 Å². The summed E-state index contributed by atoms with van der Waals surface area (Å²) < 4.78 is 5.31. The lowest BCUT2D eigenvalue weighted by atomic mass is 9.81. The molecule has 0 bridgehead atoms. The molecule has 0 saturated carbocycles. The van der Waals surface area contributed by atoms with E-state index in [4.69, 9.17) is 9.94 Å². The van der Waals surface area contributed by atoms with Crippen molar-refractivity contribution >= 4 is 29.1 Å². The van der Waals surface area contributed by atoms with Crippen molar-refractivity contribution in [2.24, 2.45) is 0 Å². The second-order valence-corrected chi connectivity index (χ2v) is 7.97. The van der Waals surface area contributed by atoms with Crippen molar-refractivity contribution in [1.29, 1.82) is 0 Å². The summed E-state index contributed by atoms with van der Waals surface area (Å²) in [5, 5.41) is 14.7. The summed E-state index contributed by atoms with van der Waals surface area (Å²) in [4.78, 5) is 41.0. The molecule has 0 unspecified atom stereocenters. The minimum absolute atomic E-state index is 0.0987. The Bertz CT molecular complexity index is 1060. The summed E-state index contributed by atoms with van der Waals surface area (Å²) in [6.07, 6.45) is 7.01. The van der Waals surface area contributed by atoms with Gasteiger partial charge in [0.2, 0.25) is 5.91 Å². The van der Waals surface area contributed by atoms with Crippen LogP contribution in [0.15, 0.2) is 36.6 Å². The maximum absolute atomic E-state index is 13.5. The van der Waals surface area contributed by atoms with Crippen LogP contribution < -0.4 is 16.1 Å². The number of allylic oxidation sites excluding steroid dienone is 1. The fourth-order valence-electron chi connectivity index (χ4n) is 4.42. The fraction of sp³-hybridized carbons (Fsp3) is 0.348. The van der Waals surface area contributed by atoms with Crippen molar-refractivity contribution in [3.05, 3.63) is 59.1 Å². The van der Waals surface area contributed by atoms with Crippen LogP contribution in [0, 0.1) is 0 Å². The van der Waals surface area contributed by atoms with E-state index in [1.54, 1.807) is 29.7 Å². The Morgan fingerprint density at radius 1 is 1.12 bits per heavy atom. The minimum Gasteiger partial charge on any atom is -0.492 e. The van der Waals surface area contributed by atoms with Gasteiger partial charge in [-0.2, -0.15) is 0 Å². The Morgan fingerprint density at radius 2 is 1.91 bits per heavy atom. The van der Waals surface area contributed by atoms with Gasteiger partial charge in [-0.15, -0.1) is 0 Å². The number of anilines is 2. The summed E-state index contributed by atoms with van der Waals surface area (Å²) in [5.74, 6) is -1.28. The van der Waals surface area contributed by atoms with Crippen LogP contribution >= 0.6 is 0 Å². The fourth-order valence-corrected chi connectivity index (χ4v) is 4.42. The van der Waals surface area contributed by atoms with Gasteiger partial charge in [0, 0.05) is 17.8 Å². The molecule has 5 N–H and O–H groups in total. The smallest absolute Gasteiger partial charge is 0.262 e. The maximum Gasteiger partial charge on any atom is 0.262 e. The largest absolute Gasteiger partial charge is 0.492 e. The van der Waals surface area contributed by atoms with Gasteiger partial charge in [0.05, 0.1) is 23.2 Å². The van der Waals surface area contributed by atoms with E-state index in [0.717, 1.165) is 36.2 Å². The van der Waals surface area contributed by atoms with Crippen molar-refractivity contribution in [1.82, 2.24) is 10.5 Å². The predicted molar refractivity (Wildman–Crippen MR) is 117 cm³/mol. The lowest BCUT2D eigenvalue weighted by Gasteiger charge is -2.23. The number of nitrogens with one attached hydrogen (secondary N) is 4. The highest BCUT2D eigenvalue weighted by molar-refractivity contribution is 6.09. The zero-order valence-electron chi connectivity index (χ0n) is 17.6. The van der Waals surface area contributed by atoms with E-state index in [-0.39, 0.29) is 30.8 Å². The molecular formula is C23H26N4O5. The van der Waals surface area contributed by atoms with Crippen molar-refractivity contribution < 1.29 is 24.3 Å². The number of H-pyrrole nitrogens is 1. The molecule has 32 heavy (non-hydrogen) atoms. The number of aromatic nitrogens is 1. The number of hydroxylamine groups is 1. The first-order valence-electron chi connectivity index (χ1n) is 10.7. The van der Waals surface area contributed by atoms with Crippen LogP contribution in [0.5, 0.6) is 0 Å². The Morgan fingerprint density at radius 3 is 2.69 bits per heavy atom. The van der Waals surface area contributed by atoms with Gasteiger partial charge in [-0.1, -0.05) is 12.1 Å². The Hall–Kier alpha value is -3.59. The summed E-state index contributed by atoms with van der Waals surface area (Å²) in [7, 11) is 0. The molecule has 9 nitrogen and oxygen atoms in total. The number of rotatable bonds is 2. The van der Waals surface area contributed by atoms with E-state index in [0.29, 0.717) is 29.8 Å². The Kier molecular flexibility index (Phi) is 6.55. The lowest BCUT2D eigenvalue weighted by molar-refractivity contribution is -0.129. The summed E-state index contributed by atoms with van der Waals surface area (Å²) in [6, 6.07) is 6.96. The van der Waals surface area contributed by atoms with Crippen LogP contribution in [-0.2, 0) is 27.2 Å². The highest BCUT2D eigenvalue weighted by Gasteiger charge is 2.32. The molecule has 0 fully saturated rings. The highest BCUT2D eigenvalue weighted by atomic mass is 16.5. The molecule has 168 valence electrons. The first-order chi connectivity index (χ1) is 15.6. The second-order valence-electron chi connectivity index (χ2n) is 7.97. The van der Waals surface area contributed by atoms with E-state index in [1.165, 1.54) is 6.26 Å². The third kappa shape index (κ3) is 4.67. The maximum atomic E-state index is 13.5. The minimum atomic E-state index is -0.479. The number of hydrogen-bond donors (Lipinski definition) is 5. The van der Waals surface area contributed by atoms with Crippen molar-refractivity contribution in [3.63, 3.8) is 0 Å². The average molecular weight is 438 g/mol. The molecule has 1 aliphatic carbocycles. The number of benzene rings is 1. The Balaban J connectivity index is 1.76. The van der Waals surface area contributed by atoms with Gasteiger partial charge < -0.3 is 20.4 Å². The third-order valence-corrected chi connectivity index (χ3v) is 5.79. The SMILES string of the molecule is O=C(C[C@@H]1CCCc2[nH]c3c(c21)C(=O)Nc1ccccc1NC(=O)COC=CCC3)NO. The Labute approximate surface area is 185 Å². The molecule has 3 amide bonds. The van der Waals surface area contributed by atoms with Crippen molar-refractivity contribution in [2.45, 2.75) is 44.4 Å². The highest BCUT2D eigenvalue weighted by Crippen LogP contribution is 2.39. The standard InChI is InChI=1S/C23H26N4O5/c28-19(27-31)12-14-6-5-10-17-21(14)22-18(24-17)9-3-4-11-32-13-20(29)25-15-7-1-2-8-16(15)26-23(22)30/h1-2,4,7-8,11,14,24,31H,3,5-6,9-10,12-13H2,(H,25,29)(H,26,30)(H,27,28)/t14-/m0/s1. The molecule has 0 radical (unpaired) electrons. The van der Waals surface area contributed by atoms with Crippen molar-refractivity contribution in [2.75, 3.05) is 17.2 Å². The van der Waals surface area contributed by atoms with E-state index < -0.39 is 5.91 Å². The van der Waals surface area contributed by atoms with Crippen LogP contribution in [-0.4, -0.2) is 34.5 Å². The molecule has 1 aromatic heterocycles. The third-order valence-electron chi connectivity index (χ3n) is 5.79. The normalized spacial score (nSPS) is 18.7. The molecule has 9 heteroatoms. The number of hydrogen-bond acceptors (Lipinski definition) is 5. The molecule has 0 saturated heterocycles. The first kappa shape index (κ1) is 21.6.